The molecule has 2 aliphatic rings. The number of aromatic amines is 2. The number of hydrogen-bond acceptors (Lipinski definition) is 7. The fraction of sp³-hybridized carbons (Fsp3) is 0. The lowest BCUT2D eigenvalue weighted by atomic mass is 10.1. The second-order valence-corrected chi connectivity index (χ2v) is 10.3. The van der Waals surface area contributed by atoms with Gasteiger partial charge in [0, 0.05) is 38.4 Å². The van der Waals surface area contributed by atoms with Gasteiger partial charge in [0.2, 0.25) is 0 Å². The molecule has 0 fully saturated rings. The van der Waals surface area contributed by atoms with Gasteiger partial charge in [-0.3, -0.25) is 0 Å². The quantitative estimate of drug-likeness (QED) is 0.227. The number of hydrogen-bond donors (Lipinski definition) is 2. The Kier molecular flexibility index (Phi) is 4.87. The van der Waals surface area contributed by atoms with Crippen molar-refractivity contribution in [3.8, 4) is 51.3 Å². The maximum absolute atomic E-state index is 5.68. The van der Waals surface area contributed by atoms with Crippen molar-refractivity contribution in [1.82, 2.24) is 39.9 Å². The van der Waals surface area contributed by atoms with E-state index in [-0.39, 0.29) is 0 Å². The number of rotatable bonds is 1. The van der Waals surface area contributed by atoms with Crippen LogP contribution in [0.15, 0.2) is 91.0 Å². The van der Waals surface area contributed by atoms with Crippen molar-refractivity contribution in [3.63, 3.8) is 0 Å². The summed E-state index contributed by atoms with van der Waals surface area (Å²) in [6.45, 7) is 0. The Morgan fingerprint density at radius 2 is 0.833 bits per heavy atom. The van der Waals surface area contributed by atoms with E-state index >= 15 is 0 Å². The maximum Gasteiger partial charge on any atom is 0.482 e. The van der Waals surface area contributed by atoms with E-state index in [0.29, 0.717) is 51.6 Å². The summed E-state index contributed by atoms with van der Waals surface area (Å²) < 4.78 is 5.68. The second kappa shape index (κ2) is 8.78. The fourth-order valence-electron chi connectivity index (χ4n) is 5.76. The molecule has 2 aliphatic heterocycles. The van der Waals surface area contributed by atoms with E-state index in [1.165, 1.54) is 0 Å². The third kappa shape index (κ3) is 3.37. The lowest BCUT2D eigenvalue weighted by Crippen LogP contribution is -1.86. The number of aromatic nitrogens is 8. The van der Waals surface area contributed by atoms with E-state index in [9.17, 15) is 0 Å². The first-order valence-electron chi connectivity index (χ1n) is 13.3. The standard InChI is InChI=1S/C32H18N8O.Al/c41-23-15-7-14-22-24(23)32-39-30-21-13-6-5-12-20(21)28(37-30)35-26-17-9-2-1-8-16(17)25(33-26)34-27-18-10-3-4-11-19(18)29(36-27)38-31(22)40-32;/h1-15,41H,(H2,33,34,35,36,37,38,39,40);/q;+1/p-1. The molecule has 7 aromatic rings. The molecule has 2 radical (unpaired) electrons. The third-order valence-electron chi connectivity index (χ3n) is 7.67. The minimum atomic E-state index is 0.546. The molecular weight excluding hydrogens is 539 g/mol. The average Bonchev–Trinajstić information content (AvgIpc) is 3.76. The Morgan fingerprint density at radius 3 is 1.33 bits per heavy atom. The topological polar surface area (TPSA) is 118 Å². The SMILES string of the molecule is [Al][O]c1cccc2c3nc4nc(nc5[nH]c(nc6nc(nc([nH]3)c12)-c1ccccc1-6)c1ccccc51)-c1ccccc1-4. The number of nitrogens with zero attached hydrogens (tertiary/aromatic N) is 6. The predicted octanol–water partition coefficient (Wildman–Crippen LogP) is 6.33. The molecule has 8 bridgehead atoms. The second-order valence-electron chi connectivity index (χ2n) is 10.0. The first kappa shape index (κ1) is 23.3. The zero-order valence-electron chi connectivity index (χ0n) is 21.8. The molecule has 42 heavy (non-hydrogen) atoms. The van der Waals surface area contributed by atoms with E-state index in [0.717, 1.165) is 43.8 Å². The van der Waals surface area contributed by atoms with Gasteiger partial charge >= 0.3 is 16.6 Å². The summed E-state index contributed by atoms with van der Waals surface area (Å²) in [4.78, 5) is 36.8. The van der Waals surface area contributed by atoms with Crippen molar-refractivity contribution >= 4 is 60.8 Å². The Bertz CT molecular complexity index is 2420. The number of fused-ring (bicyclic) bond motifs is 20. The fourth-order valence-corrected chi connectivity index (χ4v) is 5.95. The Morgan fingerprint density at radius 1 is 0.429 bits per heavy atom. The molecule has 0 unspecified atom stereocenters. The van der Waals surface area contributed by atoms with Gasteiger partial charge in [0.25, 0.3) is 0 Å². The largest absolute Gasteiger partial charge is 0.653 e. The molecular formula is C32H17AlN8O. The highest BCUT2D eigenvalue weighted by molar-refractivity contribution is 6.11. The zero-order valence-corrected chi connectivity index (χ0v) is 23.0. The molecule has 3 aromatic heterocycles. The van der Waals surface area contributed by atoms with Gasteiger partial charge in [-0.15, -0.1) is 0 Å². The van der Waals surface area contributed by atoms with Crippen LogP contribution in [0.25, 0.3) is 89.7 Å². The van der Waals surface area contributed by atoms with Crippen molar-refractivity contribution in [2.24, 2.45) is 0 Å². The smallest absolute Gasteiger partial charge is 0.482 e. The van der Waals surface area contributed by atoms with Crippen molar-refractivity contribution in [3.05, 3.63) is 91.0 Å². The highest BCUT2D eigenvalue weighted by Crippen LogP contribution is 2.38. The minimum Gasteiger partial charge on any atom is -0.653 e. The van der Waals surface area contributed by atoms with Gasteiger partial charge < -0.3 is 13.8 Å². The third-order valence-corrected chi connectivity index (χ3v) is 7.92. The molecule has 0 saturated heterocycles. The Labute approximate surface area is 246 Å². The van der Waals surface area contributed by atoms with Crippen LogP contribution in [0.5, 0.6) is 5.75 Å². The molecule has 9 rings (SSSR count). The summed E-state index contributed by atoms with van der Waals surface area (Å²) in [7, 11) is 0. The van der Waals surface area contributed by atoms with E-state index in [1.807, 2.05) is 91.0 Å². The van der Waals surface area contributed by atoms with Crippen LogP contribution in [-0.4, -0.2) is 56.5 Å². The lowest BCUT2D eigenvalue weighted by Gasteiger charge is -2.03. The lowest BCUT2D eigenvalue weighted by molar-refractivity contribution is 0.624. The van der Waals surface area contributed by atoms with Crippen LogP contribution in [0.2, 0.25) is 0 Å². The zero-order chi connectivity index (χ0) is 27.8. The molecule has 10 heteroatoms. The van der Waals surface area contributed by atoms with Gasteiger partial charge in [-0.25, -0.2) is 29.9 Å². The molecule has 194 valence electrons. The summed E-state index contributed by atoms with van der Waals surface area (Å²) in [5.74, 6) is 2.89. The number of nitrogens with one attached hydrogen (secondary N) is 2. The molecule has 2 N–H and O–H groups in total. The molecule has 0 atom stereocenters. The minimum absolute atomic E-state index is 0.546. The first-order chi connectivity index (χ1) is 20.7. The van der Waals surface area contributed by atoms with Gasteiger partial charge in [-0.2, -0.15) is 0 Å². The van der Waals surface area contributed by atoms with E-state index in [4.69, 9.17) is 33.7 Å². The number of benzene rings is 4. The summed E-state index contributed by atoms with van der Waals surface area (Å²) in [6, 6.07) is 29.8. The van der Waals surface area contributed by atoms with E-state index in [1.54, 1.807) is 0 Å². The van der Waals surface area contributed by atoms with Crippen molar-refractivity contribution in [1.29, 1.82) is 0 Å². The van der Waals surface area contributed by atoms with Crippen molar-refractivity contribution in [2.75, 3.05) is 0 Å². The first-order valence-corrected chi connectivity index (χ1v) is 13.8. The predicted molar refractivity (Wildman–Crippen MR) is 162 cm³/mol. The molecule has 0 amide bonds. The Hall–Kier alpha value is -5.43. The summed E-state index contributed by atoms with van der Waals surface area (Å²) >= 11 is 2.33. The van der Waals surface area contributed by atoms with Crippen LogP contribution >= 0.6 is 0 Å². The molecule has 9 nitrogen and oxygen atoms in total. The average molecular weight is 557 g/mol. The summed E-state index contributed by atoms with van der Waals surface area (Å²) in [5.41, 5.74) is 6.11. The molecule has 0 spiro atoms. The summed E-state index contributed by atoms with van der Waals surface area (Å²) in [5, 5.41) is 3.52. The monoisotopic (exact) mass is 556 g/mol. The summed E-state index contributed by atoms with van der Waals surface area (Å²) in [6.07, 6.45) is 0. The van der Waals surface area contributed by atoms with Crippen LogP contribution in [-0.2, 0) is 0 Å². The van der Waals surface area contributed by atoms with Gasteiger partial charge in [-0.1, -0.05) is 84.9 Å². The van der Waals surface area contributed by atoms with E-state index < -0.39 is 0 Å². The highest BCUT2D eigenvalue weighted by Gasteiger charge is 2.22. The van der Waals surface area contributed by atoms with Crippen molar-refractivity contribution in [2.45, 2.75) is 0 Å². The molecule has 0 saturated carbocycles. The van der Waals surface area contributed by atoms with E-state index in [2.05, 4.69) is 26.6 Å². The molecule has 5 heterocycles. The van der Waals surface area contributed by atoms with Crippen LogP contribution in [0.1, 0.15) is 0 Å². The normalized spacial score (nSPS) is 11.9. The van der Waals surface area contributed by atoms with Gasteiger partial charge in [0.1, 0.15) is 22.6 Å². The molecule has 4 aromatic carbocycles. The Balaban J connectivity index is 1.52. The van der Waals surface area contributed by atoms with Gasteiger partial charge in [0.05, 0.1) is 11.1 Å². The highest BCUT2D eigenvalue weighted by atomic mass is 27.1. The van der Waals surface area contributed by atoms with Crippen LogP contribution in [0.4, 0.5) is 0 Å². The maximum atomic E-state index is 5.68. The van der Waals surface area contributed by atoms with Crippen LogP contribution in [0.3, 0.4) is 0 Å². The van der Waals surface area contributed by atoms with Crippen LogP contribution < -0.4 is 3.79 Å². The van der Waals surface area contributed by atoms with Crippen molar-refractivity contribution < 1.29 is 3.79 Å². The van der Waals surface area contributed by atoms with Gasteiger partial charge in [0.15, 0.2) is 23.3 Å². The molecule has 0 aliphatic carbocycles. The van der Waals surface area contributed by atoms with Crippen LogP contribution in [0, 0.1) is 0 Å². The number of H-pyrrole nitrogens is 2. The van der Waals surface area contributed by atoms with Gasteiger partial charge in [-0.05, 0) is 6.07 Å².